The van der Waals surface area contributed by atoms with Crippen molar-refractivity contribution in [3.63, 3.8) is 0 Å². The molecule has 0 amide bonds. The van der Waals surface area contributed by atoms with E-state index >= 15 is 0 Å². The van der Waals surface area contributed by atoms with Gasteiger partial charge < -0.3 is 15.0 Å². The summed E-state index contributed by atoms with van der Waals surface area (Å²) in [5.41, 5.74) is 0. The van der Waals surface area contributed by atoms with Crippen molar-refractivity contribution < 1.29 is 4.74 Å². The molecule has 0 bridgehead atoms. The summed E-state index contributed by atoms with van der Waals surface area (Å²) >= 11 is 0. The summed E-state index contributed by atoms with van der Waals surface area (Å²) < 4.78 is 5.51. The number of nitrogens with one attached hydrogen (secondary N) is 1. The van der Waals surface area contributed by atoms with E-state index in [9.17, 15) is 0 Å². The molecular formula is C16H35IN4O. The third-order valence-electron chi connectivity index (χ3n) is 4.03. The van der Waals surface area contributed by atoms with Gasteiger partial charge in [-0.15, -0.1) is 24.0 Å². The molecule has 0 spiro atoms. The van der Waals surface area contributed by atoms with Crippen LogP contribution in [0.3, 0.4) is 0 Å². The highest BCUT2D eigenvalue weighted by Crippen LogP contribution is 2.11. The predicted octanol–water partition coefficient (Wildman–Crippen LogP) is 2.41. The fourth-order valence-electron chi connectivity index (χ4n) is 2.69. The lowest BCUT2D eigenvalue weighted by molar-refractivity contribution is -0.0166. The molecule has 1 fully saturated rings. The number of hydrogen-bond acceptors (Lipinski definition) is 3. The van der Waals surface area contributed by atoms with Gasteiger partial charge in [0, 0.05) is 38.8 Å². The Morgan fingerprint density at radius 1 is 1.45 bits per heavy atom. The summed E-state index contributed by atoms with van der Waals surface area (Å²) in [6.07, 6.45) is 2.42. The second kappa shape index (κ2) is 12.4. The zero-order valence-electron chi connectivity index (χ0n) is 15.0. The van der Waals surface area contributed by atoms with Gasteiger partial charge in [0.15, 0.2) is 5.96 Å². The summed E-state index contributed by atoms with van der Waals surface area (Å²) in [4.78, 5) is 9.57. The minimum atomic E-state index is 0. The lowest BCUT2D eigenvalue weighted by atomic mass is 10.2. The molecule has 2 unspecified atom stereocenters. The Hall–Kier alpha value is -0.0800. The molecule has 1 N–H and O–H groups in total. The Labute approximate surface area is 153 Å². The topological polar surface area (TPSA) is 40.1 Å². The first kappa shape index (κ1) is 21.9. The van der Waals surface area contributed by atoms with E-state index in [1.165, 1.54) is 12.8 Å². The molecule has 1 rings (SSSR count). The Morgan fingerprint density at radius 2 is 2.18 bits per heavy atom. The van der Waals surface area contributed by atoms with Crippen molar-refractivity contribution in [1.82, 2.24) is 15.1 Å². The second-order valence-corrected chi connectivity index (χ2v) is 5.98. The summed E-state index contributed by atoms with van der Waals surface area (Å²) in [6.45, 7) is 14.3. The van der Waals surface area contributed by atoms with Crippen LogP contribution in [0.15, 0.2) is 4.99 Å². The van der Waals surface area contributed by atoms with Gasteiger partial charge in [-0.1, -0.05) is 13.3 Å². The maximum absolute atomic E-state index is 5.51. The monoisotopic (exact) mass is 426 g/mol. The molecule has 0 saturated carbocycles. The number of aliphatic imine (C=N–C) groups is 1. The van der Waals surface area contributed by atoms with Crippen LogP contribution in [0.2, 0.25) is 0 Å². The Morgan fingerprint density at radius 3 is 2.77 bits per heavy atom. The molecule has 2 atom stereocenters. The molecule has 0 aromatic heterocycles. The average molecular weight is 426 g/mol. The van der Waals surface area contributed by atoms with Crippen LogP contribution in [0.4, 0.5) is 0 Å². The van der Waals surface area contributed by atoms with E-state index in [1.54, 1.807) is 0 Å². The van der Waals surface area contributed by atoms with Crippen molar-refractivity contribution in [3.8, 4) is 0 Å². The normalized spacial score (nSPS) is 21.1. The number of hydrogen-bond donors (Lipinski definition) is 1. The van der Waals surface area contributed by atoms with E-state index in [2.05, 4.69) is 49.9 Å². The average Bonchev–Trinajstić information content (AvgIpc) is 2.49. The lowest BCUT2D eigenvalue weighted by Crippen LogP contribution is -2.49. The van der Waals surface area contributed by atoms with Crippen molar-refractivity contribution in [1.29, 1.82) is 0 Å². The van der Waals surface area contributed by atoms with Gasteiger partial charge in [0.25, 0.3) is 0 Å². The van der Waals surface area contributed by atoms with Gasteiger partial charge in [0.05, 0.1) is 19.8 Å². The molecule has 0 aromatic carbocycles. The molecule has 0 aliphatic carbocycles. The zero-order valence-corrected chi connectivity index (χ0v) is 17.3. The van der Waals surface area contributed by atoms with Crippen LogP contribution in [0, 0.1) is 0 Å². The van der Waals surface area contributed by atoms with Crippen LogP contribution in [-0.4, -0.2) is 74.3 Å². The first-order valence-corrected chi connectivity index (χ1v) is 8.43. The van der Waals surface area contributed by atoms with Gasteiger partial charge in [-0.05, 0) is 27.2 Å². The molecular weight excluding hydrogens is 391 g/mol. The quantitative estimate of drug-likeness (QED) is 0.386. The Bertz CT molecular complexity index is 315. The summed E-state index contributed by atoms with van der Waals surface area (Å²) in [5, 5.41) is 3.39. The molecule has 132 valence electrons. The molecule has 5 nitrogen and oxygen atoms in total. The van der Waals surface area contributed by atoms with Crippen LogP contribution >= 0.6 is 24.0 Å². The van der Waals surface area contributed by atoms with Gasteiger partial charge in [-0.25, -0.2) is 0 Å². The van der Waals surface area contributed by atoms with E-state index in [-0.39, 0.29) is 24.0 Å². The molecule has 0 aromatic rings. The molecule has 6 heteroatoms. The maximum atomic E-state index is 5.51. The molecule has 22 heavy (non-hydrogen) atoms. The number of morpholine rings is 1. The van der Waals surface area contributed by atoms with Gasteiger partial charge in [-0.2, -0.15) is 0 Å². The van der Waals surface area contributed by atoms with Gasteiger partial charge in [-0.3, -0.25) is 9.89 Å². The number of guanidine groups is 1. The highest BCUT2D eigenvalue weighted by Gasteiger charge is 2.23. The van der Waals surface area contributed by atoms with Crippen molar-refractivity contribution in [2.75, 3.05) is 46.4 Å². The smallest absolute Gasteiger partial charge is 0.193 e. The van der Waals surface area contributed by atoms with Crippen LogP contribution in [-0.2, 0) is 4.74 Å². The van der Waals surface area contributed by atoms with Crippen molar-refractivity contribution in [2.24, 2.45) is 4.99 Å². The third kappa shape index (κ3) is 7.46. The first-order valence-electron chi connectivity index (χ1n) is 8.43. The molecule has 1 aliphatic heterocycles. The summed E-state index contributed by atoms with van der Waals surface area (Å²) in [5.74, 6) is 1.03. The first-order chi connectivity index (χ1) is 10.1. The number of rotatable bonds is 7. The van der Waals surface area contributed by atoms with E-state index in [0.717, 1.165) is 45.4 Å². The Kier molecular flexibility index (Phi) is 12.3. The van der Waals surface area contributed by atoms with E-state index in [4.69, 9.17) is 9.73 Å². The SMILES string of the molecule is CCCCN(C)C(=NCC(C)N1CCOCC1C)NCC.I. The van der Waals surface area contributed by atoms with Crippen LogP contribution in [0.25, 0.3) is 0 Å². The van der Waals surface area contributed by atoms with Crippen molar-refractivity contribution >= 4 is 29.9 Å². The van der Waals surface area contributed by atoms with E-state index in [0.29, 0.717) is 12.1 Å². The van der Waals surface area contributed by atoms with Crippen molar-refractivity contribution in [3.05, 3.63) is 0 Å². The summed E-state index contributed by atoms with van der Waals surface area (Å²) in [6, 6.07) is 0.946. The van der Waals surface area contributed by atoms with E-state index in [1.807, 2.05) is 0 Å². The number of ether oxygens (including phenoxy) is 1. The number of nitrogens with zero attached hydrogens (tertiary/aromatic N) is 3. The van der Waals surface area contributed by atoms with E-state index < -0.39 is 0 Å². The second-order valence-electron chi connectivity index (χ2n) is 5.98. The summed E-state index contributed by atoms with van der Waals surface area (Å²) in [7, 11) is 2.12. The molecule has 1 aliphatic rings. The molecule has 1 saturated heterocycles. The minimum Gasteiger partial charge on any atom is -0.379 e. The third-order valence-corrected chi connectivity index (χ3v) is 4.03. The van der Waals surface area contributed by atoms with Crippen LogP contribution in [0.5, 0.6) is 0 Å². The molecule has 1 heterocycles. The van der Waals surface area contributed by atoms with Crippen LogP contribution < -0.4 is 5.32 Å². The lowest BCUT2D eigenvalue weighted by Gasteiger charge is -2.37. The largest absolute Gasteiger partial charge is 0.379 e. The highest BCUT2D eigenvalue weighted by atomic mass is 127. The van der Waals surface area contributed by atoms with Crippen LogP contribution in [0.1, 0.15) is 40.5 Å². The Balaban J connectivity index is 0.00000441. The minimum absolute atomic E-state index is 0. The zero-order chi connectivity index (χ0) is 15.7. The fraction of sp³-hybridized carbons (Fsp3) is 0.938. The standard InChI is InChI=1S/C16H34N4O.HI/c1-6-8-9-19(5)16(17-7-2)18-12-14(3)20-10-11-21-13-15(20)4;/h14-15H,6-13H2,1-5H3,(H,17,18);1H. The maximum Gasteiger partial charge on any atom is 0.193 e. The predicted molar refractivity (Wildman–Crippen MR) is 105 cm³/mol. The molecule has 0 radical (unpaired) electrons. The number of unbranched alkanes of at least 4 members (excludes halogenated alkanes) is 1. The van der Waals surface area contributed by atoms with Gasteiger partial charge in [0.1, 0.15) is 0 Å². The van der Waals surface area contributed by atoms with Gasteiger partial charge >= 0.3 is 0 Å². The van der Waals surface area contributed by atoms with Crippen molar-refractivity contribution in [2.45, 2.75) is 52.6 Å². The van der Waals surface area contributed by atoms with Gasteiger partial charge in [0.2, 0.25) is 0 Å². The number of halogens is 1. The highest BCUT2D eigenvalue weighted by molar-refractivity contribution is 14.0. The fourth-order valence-corrected chi connectivity index (χ4v) is 2.69.